The number of halogens is 2. The summed E-state index contributed by atoms with van der Waals surface area (Å²) >= 11 is 0. The van der Waals surface area contributed by atoms with Gasteiger partial charge in [0.05, 0.1) is 0 Å². The van der Waals surface area contributed by atoms with Crippen molar-refractivity contribution < 1.29 is 13.5 Å². The molecule has 0 spiro atoms. The summed E-state index contributed by atoms with van der Waals surface area (Å²) in [6.07, 6.45) is 2.33. The van der Waals surface area contributed by atoms with Gasteiger partial charge < -0.3 is 10.1 Å². The van der Waals surface area contributed by atoms with Crippen molar-refractivity contribution >= 4 is 0 Å². The average Bonchev–Trinajstić information content (AvgIpc) is 2.36. The molecule has 2 unspecified atom stereocenters. The van der Waals surface area contributed by atoms with Crippen LogP contribution in [-0.4, -0.2) is 12.7 Å². The van der Waals surface area contributed by atoms with Crippen molar-refractivity contribution in [2.75, 3.05) is 0 Å². The lowest BCUT2D eigenvalue weighted by molar-refractivity contribution is -0.0498. The molecule has 1 aromatic carbocycles. The molecule has 2 nitrogen and oxygen atoms in total. The predicted molar refractivity (Wildman–Crippen MR) is 78.2 cm³/mol. The molecule has 114 valence electrons. The first kappa shape index (κ1) is 16.9. The van der Waals surface area contributed by atoms with Gasteiger partial charge in [-0.15, -0.1) is 0 Å². The molecule has 0 radical (unpaired) electrons. The van der Waals surface area contributed by atoms with Crippen molar-refractivity contribution in [1.82, 2.24) is 5.32 Å². The van der Waals surface area contributed by atoms with Crippen molar-refractivity contribution in [3.8, 4) is 5.75 Å². The Bertz CT molecular complexity index is 379. The molecule has 0 bridgehead atoms. The zero-order valence-electron chi connectivity index (χ0n) is 12.7. The number of rotatable bonds is 8. The Balaban J connectivity index is 2.48. The predicted octanol–water partition coefficient (Wildman–Crippen LogP) is 4.76. The highest BCUT2D eigenvalue weighted by molar-refractivity contribution is 5.29. The third-order valence-corrected chi connectivity index (χ3v) is 3.32. The highest BCUT2D eigenvalue weighted by Gasteiger charge is 2.11. The summed E-state index contributed by atoms with van der Waals surface area (Å²) < 4.78 is 28.5. The van der Waals surface area contributed by atoms with Crippen LogP contribution in [0.25, 0.3) is 0 Å². The molecule has 0 saturated heterocycles. The van der Waals surface area contributed by atoms with E-state index in [4.69, 9.17) is 0 Å². The van der Waals surface area contributed by atoms with E-state index in [1.807, 2.05) is 12.1 Å². The molecule has 1 aromatic rings. The van der Waals surface area contributed by atoms with E-state index in [-0.39, 0.29) is 11.8 Å². The zero-order valence-corrected chi connectivity index (χ0v) is 12.7. The monoisotopic (exact) mass is 285 g/mol. The van der Waals surface area contributed by atoms with Gasteiger partial charge in [0.25, 0.3) is 0 Å². The van der Waals surface area contributed by atoms with Gasteiger partial charge in [0.1, 0.15) is 5.75 Å². The summed E-state index contributed by atoms with van der Waals surface area (Å²) in [5.74, 6) is 0.907. The number of hydrogen-bond acceptors (Lipinski definition) is 2. The van der Waals surface area contributed by atoms with Gasteiger partial charge in [0.15, 0.2) is 0 Å². The lowest BCUT2D eigenvalue weighted by Crippen LogP contribution is -2.29. The fourth-order valence-corrected chi connectivity index (χ4v) is 2.13. The van der Waals surface area contributed by atoms with Gasteiger partial charge in [-0.25, -0.2) is 0 Å². The van der Waals surface area contributed by atoms with Crippen molar-refractivity contribution in [3.63, 3.8) is 0 Å². The minimum atomic E-state index is -2.77. The largest absolute Gasteiger partial charge is 0.435 e. The van der Waals surface area contributed by atoms with Crippen LogP contribution < -0.4 is 10.1 Å². The molecule has 0 amide bonds. The quantitative estimate of drug-likeness (QED) is 0.743. The van der Waals surface area contributed by atoms with E-state index >= 15 is 0 Å². The summed E-state index contributed by atoms with van der Waals surface area (Å²) in [5.41, 5.74) is 1.07. The highest BCUT2D eigenvalue weighted by atomic mass is 19.3. The van der Waals surface area contributed by atoms with Crippen molar-refractivity contribution in [1.29, 1.82) is 0 Å². The SMILES string of the molecule is CC(C)CCC(C)NC(C)c1ccc(OC(F)F)cc1. The van der Waals surface area contributed by atoms with E-state index in [2.05, 4.69) is 37.7 Å². The van der Waals surface area contributed by atoms with Crippen LogP contribution in [0.2, 0.25) is 0 Å². The number of hydrogen-bond donors (Lipinski definition) is 1. The standard InChI is InChI=1S/C16H25F2NO/c1-11(2)5-6-12(3)19-13(4)14-7-9-15(10-8-14)20-16(17)18/h7-13,16,19H,5-6H2,1-4H3. The van der Waals surface area contributed by atoms with Crippen LogP contribution >= 0.6 is 0 Å². The minimum Gasteiger partial charge on any atom is -0.435 e. The van der Waals surface area contributed by atoms with E-state index in [1.54, 1.807) is 12.1 Å². The molecular formula is C16H25F2NO. The van der Waals surface area contributed by atoms with E-state index in [0.717, 1.165) is 12.0 Å². The summed E-state index contributed by atoms with van der Waals surface area (Å²) in [6.45, 7) is 5.92. The Morgan fingerprint density at radius 2 is 1.60 bits per heavy atom. The van der Waals surface area contributed by atoms with Gasteiger partial charge >= 0.3 is 6.61 Å². The Morgan fingerprint density at radius 1 is 1.00 bits per heavy atom. The Labute approximate surface area is 120 Å². The maximum atomic E-state index is 12.1. The second-order valence-electron chi connectivity index (χ2n) is 5.71. The maximum absolute atomic E-state index is 12.1. The van der Waals surface area contributed by atoms with E-state index in [1.165, 1.54) is 6.42 Å². The molecule has 0 saturated carbocycles. The molecule has 0 aliphatic rings. The number of benzene rings is 1. The van der Waals surface area contributed by atoms with Crippen LogP contribution in [0, 0.1) is 5.92 Å². The van der Waals surface area contributed by atoms with Gasteiger partial charge in [-0.05, 0) is 50.3 Å². The fourth-order valence-electron chi connectivity index (χ4n) is 2.13. The molecule has 1 N–H and O–H groups in total. The molecule has 0 fully saturated rings. The third kappa shape index (κ3) is 6.33. The lowest BCUT2D eigenvalue weighted by atomic mass is 10.0. The van der Waals surface area contributed by atoms with Gasteiger partial charge in [0, 0.05) is 12.1 Å². The first-order valence-electron chi connectivity index (χ1n) is 7.19. The van der Waals surface area contributed by atoms with Crippen molar-refractivity contribution in [2.24, 2.45) is 5.92 Å². The average molecular weight is 285 g/mol. The number of alkyl halides is 2. The Morgan fingerprint density at radius 3 is 2.10 bits per heavy atom. The van der Waals surface area contributed by atoms with Gasteiger partial charge in [-0.2, -0.15) is 8.78 Å². The third-order valence-electron chi connectivity index (χ3n) is 3.32. The van der Waals surface area contributed by atoms with Crippen molar-refractivity contribution in [2.45, 2.75) is 59.2 Å². The van der Waals surface area contributed by atoms with Crippen LogP contribution in [0.15, 0.2) is 24.3 Å². The van der Waals surface area contributed by atoms with Crippen LogP contribution in [0.3, 0.4) is 0 Å². The van der Waals surface area contributed by atoms with E-state index < -0.39 is 6.61 Å². The minimum absolute atomic E-state index is 0.192. The maximum Gasteiger partial charge on any atom is 0.387 e. The number of ether oxygens (including phenoxy) is 1. The summed E-state index contributed by atoms with van der Waals surface area (Å²) in [6, 6.07) is 7.44. The van der Waals surface area contributed by atoms with Gasteiger partial charge in [-0.1, -0.05) is 26.0 Å². The summed E-state index contributed by atoms with van der Waals surface area (Å²) in [5, 5.41) is 3.52. The fraction of sp³-hybridized carbons (Fsp3) is 0.625. The summed E-state index contributed by atoms with van der Waals surface area (Å²) in [7, 11) is 0. The van der Waals surface area contributed by atoms with Gasteiger partial charge in [-0.3, -0.25) is 0 Å². The Kier molecular flexibility index (Phi) is 6.93. The second kappa shape index (κ2) is 8.20. The molecule has 0 aromatic heterocycles. The normalized spacial score (nSPS) is 14.6. The smallest absolute Gasteiger partial charge is 0.387 e. The first-order chi connectivity index (χ1) is 9.38. The molecular weight excluding hydrogens is 260 g/mol. The van der Waals surface area contributed by atoms with Crippen LogP contribution in [-0.2, 0) is 0 Å². The summed E-state index contributed by atoms with van der Waals surface area (Å²) in [4.78, 5) is 0. The van der Waals surface area contributed by atoms with Crippen LogP contribution in [0.1, 0.15) is 52.1 Å². The molecule has 0 aliphatic heterocycles. The zero-order chi connectivity index (χ0) is 15.1. The molecule has 0 aliphatic carbocycles. The molecule has 4 heteroatoms. The first-order valence-corrected chi connectivity index (χ1v) is 7.19. The molecule has 0 heterocycles. The lowest BCUT2D eigenvalue weighted by Gasteiger charge is -2.21. The Hall–Kier alpha value is -1.16. The van der Waals surface area contributed by atoms with Crippen LogP contribution in [0.5, 0.6) is 5.75 Å². The van der Waals surface area contributed by atoms with E-state index in [0.29, 0.717) is 12.0 Å². The second-order valence-corrected chi connectivity index (χ2v) is 5.71. The molecule has 2 atom stereocenters. The molecule has 1 rings (SSSR count). The topological polar surface area (TPSA) is 21.3 Å². The van der Waals surface area contributed by atoms with E-state index in [9.17, 15) is 8.78 Å². The highest BCUT2D eigenvalue weighted by Crippen LogP contribution is 2.20. The van der Waals surface area contributed by atoms with Crippen molar-refractivity contribution in [3.05, 3.63) is 29.8 Å². The number of nitrogens with one attached hydrogen (secondary N) is 1. The van der Waals surface area contributed by atoms with Gasteiger partial charge in [0.2, 0.25) is 0 Å². The van der Waals surface area contributed by atoms with Crippen LogP contribution in [0.4, 0.5) is 8.78 Å². The molecule has 20 heavy (non-hydrogen) atoms.